The molecule has 2 rings (SSSR count). The largest absolute Gasteiger partial charge is 0.481 e. The average Bonchev–Trinajstić information content (AvgIpc) is 2.36. The van der Waals surface area contributed by atoms with E-state index < -0.39 is 5.97 Å². The van der Waals surface area contributed by atoms with Gasteiger partial charge in [0, 0.05) is 18.5 Å². The maximum absolute atomic E-state index is 12.3. The van der Waals surface area contributed by atoms with E-state index >= 15 is 0 Å². The molecule has 4 nitrogen and oxygen atoms in total. The number of aliphatic carboxylic acids is 1. The molecule has 1 N–H and O–H groups in total. The highest BCUT2D eigenvalue weighted by molar-refractivity contribution is 5.80. The Kier molecular flexibility index (Phi) is 3.69. The Morgan fingerprint density at radius 1 is 1.32 bits per heavy atom. The summed E-state index contributed by atoms with van der Waals surface area (Å²) in [7, 11) is 0. The second-order valence-corrected chi connectivity index (χ2v) is 4.67. The number of aryl methyl sites for hydroxylation is 3. The number of benzene rings is 1. The van der Waals surface area contributed by atoms with Crippen molar-refractivity contribution in [3.8, 4) is 0 Å². The zero-order valence-electron chi connectivity index (χ0n) is 11.1. The summed E-state index contributed by atoms with van der Waals surface area (Å²) in [4.78, 5) is 22.9. The maximum Gasteiger partial charge on any atom is 0.303 e. The van der Waals surface area contributed by atoms with Crippen LogP contribution in [0.5, 0.6) is 0 Å². The van der Waals surface area contributed by atoms with Gasteiger partial charge in [0.25, 0.3) is 5.56 Å². The van der Waals surface area contributed by atoms with Gasteiger partial charge in [-0.1, -0.05) is 12.1 Å². The van der Waals surface area contributed by atoms with Crippen molar-refractivity contribution in [3.05, 3.63) is 45.7 Å². The number of aromatic nitrogens is 1. The van der Waals surface area contributed by atoms with Gasteiger partial charge in [-0.25, -0.2) is 0 Å². The normalized spacial score (nSPS) is 10.8. The van der Waals surface area contributed by atoms with Crippen LogP contribution in [0.3, 0.4) is 0 Å². The fraction of sp³-hybridized carbons (Fsp3) is 0.333. The van der Waals surface area contributed by atoms with Gasteiger partial charge >= 0.3 is 5.97 Å². The standard InChI is InChI=1S/C15H17NO3/c1-3-16-13-8-10(2)4-5-11(13)9-12(15(16)19)6-7-14(17)18/h4-5,8-9H,3,6-7H2,1-2H3,(H,17,18). The molecule has 0 bridgehead atoms. The molecule has 19 heavy (non-hydrogen) atoms. The van der Waals surface area contributed by atoms with Gasteiger partial charge in [0.1, 0.15) is 0 Å². The van der Waals surface area contributed by atoms with Gasteiger partial charge in [-0.3, -0.25) is 9.59 Å². The van der Waals surface area contributed by atoms with E-state index in [1.54, 1.807) is 4.57 Å². The molecule has 0 amide bonds. The van der Waals surface area contributed by atoms with E-state index in [-0.39, 0.29) is 18.4 Å². The average molecular weight is 259 g/mol. The minimum absolute atomic E-state index is 0.0175. The molecule has 100 valence electrons. The molecule has 0 radical (unpaired) electrons. The Morgan fingerprint density at radius 2 is 2.05 bits per heavy atom. The first-order valence-electron chi connectivity index (χ1n) is 6.37. The number of rotatable bonds is 4. The number of carboxylic acids is 1. The third kappa shape index (κ3) is 2.67. The molecule has 0 aliphatic heterocycles. The van der Waals surface area contributed by atoms with Crippen LogP contribution in [0.2, 0.25) is 0 Å². The molecule has 0 saturated carbocycles. The topological polar surface area (TPSA) is 59.3 Å². The van der Waals surface area contributed by atoms with Crippen LogP contribution in [-0.2, 0) is 17.8 Å². The maximum atomic E-state index is 12.3. The SMILES string of the molecule is CCn1c(=O)c(CCC(=O)O)cc2ccc(C)cc21. The number of nitrogens with zero attached hydrogens (tertiary/aromatic N) is 1. The fourth-order valence-electron chi connectivity index (χ4n) is 2.28. The van der Waals surface area contributed by atoms with Crippen LogP contribution in [0, 0.1) is 6.92 Å². The van der Waals surface area contributed by atoms with Gasteiger partial charge in [0.05, 0.1) is 5.52 Å². The number of hydrogen-bond donors (Lipinski definition) is 1. The summed E-state index contributed by atoms with van der Waals surface area (Å²) >= 11 is 0. The Balaban J connectivity index is 2.61. The van der Waals surface area contributed by atoms with E-state index in [1.165, 1.54) is 0 Å². The van der Waals surface area contributed by atoms with Crippen LogP contribution in [0.1, 0.15) is 24.5 Å². The van der Waals surface area contributed by atoms with Crippen molar-refractivity contribution in [1.29, 1.82) is 0 Å². The van der Waals surface area contributed by atoms with Gasteiger partial charge < -0.3 is 9.67 Å². The lowest BCUT2D eigenvalue weighted by molar-refractivity contribution is -0.136. The van der Waals surface area contributed by atoms with Crippen molar-refractivity contribution in [2.45, 2.75) is 33.2 Å². The Morgan fingerprint density at radius 3 is 2.68 bits per heavy atom. The predicted octanol–water partition coefficient (Wildman–Crippen LogP) is 2.35. The quantitative estimate of drug-likeness (QED) is 0.916. The third-order valence-electron chi connectivity index (χ3n) is 3.25. The van der Waals surface area contributed by atoms with Crippen LogP contribution in [0.15, 0.2) is 29.1 Å². The second-order valence-electron chi connectivity index (χ2n) is 4.67. The Hall–Kier alpha value is -2.10. The summed E-state index contributed by atoms with van der Waals surface area (Å²) in [5, 5.41) is 9.71. The van der Waals surface area contributed by atoms with Gasteiger partial charge in [-0.15, -0.1) is 0 Å². The smallest absolute Gasteiger partial charge is 0.303 e. The zero-order chi connectivity index (χ0) is 14.0. The van der Waals surface area contributed by atoms with Crippen molar-refractivity contribution in [3.63, 3.8) is 0 Å². The number of hydrogen-bond acceptors (Lipinski definition) is 2. The minimum atomic E-state index is -0.883. The van der Waals surface area contributed by atoms with Crippen molar-refractivity contribution in [2.24, 2.45) is 0 Å². The molecular formula is C15H17NO3. The van der Waals surface area contributed by atoms with Crippen LogP contribution in [0.25, 0.3) is 10.9 Å². The van der Waals surface area contributed by atoms with Crippen molar-refractivity contribution < 1.29 is 9.90 Å². The molecule has 0 atom stereocenters. The zero-order valence-corrected chi connectivity index (χ0v) is 11.1. The number of carboxylic acid groups (broad SMARTS) is 1. The molecule has 0 unspecified atom stereocenters. The van der Waals surface area contributed by atoms with E-state index in [9.17, 15) is 9.59 Å². The monoisotopic (exact) mass is 259 g/mol. The fourth-order valence-corrected chi connectivity index (χ4v) is 2.28. The lowest BCUT2D eigenvalue weighted by Gasteiger charge is -2.11. The van der Waals surface area contributed by atoms with Gasteiger partial charge in [-0.2, -0.15) is 0 Å². The molecule has 1 aromatic heterocycles. The first-order chi connectivity index (χ1) is 9.02. The van der Waals surface area contributed by atoms with Crippen LogP contribution in [-0.4, -0.2) is 15.6 Å². The highest BCUT2D eigenvalue weighted by Crippen LogP contribution is 2.16. The number of pyridine rings is 1. The Labute approximate surface area is 111 Å². The van der Waals surface area contributed by atoms with E-state index in [0.29, 0.717) is 12.1 Å². The summed E-state index contributed by atoms with van der Waals surface area (Å²) in [6, 6.07) is 7.77. The van der Waals surface area contributed by atoms with Crippen molar-refractivity contribution in [2.75, 3.05) is 0 Å². The molecule has 0 aliphatic carbocycles. The van der Waals surface area contributed by atoms with Crippen LogP contribution >= 0.6 is 0 Å². The predicted molar refractivity (Wildman–Crippen MR) is 74.6 cm³/mol. The summed E-state index contributed by atoms with van der Waals surface area (Å²) < 4.78 is 1.71. The summed E-state index contributed by atoms with van der Waals surface area (Å²) in [5.74, 6) is -0.883. The molecule has 4 heteroatoms. The number of carbonyl (C=O) groups is 1. The van der Waals surface area contributed by atoms with E-state index in [0.717, 1.165) is 16.5 Å². The van der Waals surface area contributed by atoms with E-state index in [1.807, 2.05) is 38.1 Å². The molecule has 0 saturated heterocycles. The van der Waals surface area contributed by atoms with Gasteiger partial charge in [-0.05, 0) is 43.4 Å². The van der Waals surface area contributed by atoms with E-state index in [2.05, 4.69) is 0 Å². The van der Waals surface area contributed by atoms with Crippen LogP contribution < -0.4 is 5.56 Å². The summed E-state index contributed by atoms with van der Waals surface area (Å²) in [5.41, 5.74) is 2.50. The summed E-state index contributed by atoms with van der Waals surface area (Å²) in [6.45, 7) is 4.49. The van der Waals surface area contributed by atoms with Crippen molar-refractivity contribution in [1.82, 2.24) is 4.57 Å². The van der Waals surface area contributed by atoms with Crippen molar-refractivity contribution >= 4 is 16.9 Å². The molecule has 1 heterocycles. The highest BCUT2D eigenvalue weighted by Gasteiger charge is 2.09. The lowest BCUT2D eigenvalue weighted by Crippen LogP contribution is -2.24. The van der Waals surface area contributed by atoms with E-state index in [4.69, 9.17) is 5.11 Å². The highest BCUT2D eigenvalue weighted by atomic mass is 16.4. The molecule has 1 aromatic carbocycles. The van der Waals surface area contributed by atoms with Gasteiger partial charge in [0.15, 0.2) is 0 Å². The first-order valence-corrected chi connectivity index (χ1v) is 6.37. The summed E-state index contributed by atoms with van der Waals surface area (Å²) in [6.07, 6.45) is 0.258. The van der Waals surface area contributed by atoms with Gasteiger partial charge in [0.2, 0.25) is 0 Å². The second kappa shape index (κ2) is 5.26. The third-order valence-corrected chi connectivity index (χ3v) is 3.25. The number of fused-ring (bicyclic) bond motifs is 1. The Bertz CT molecular complexity index is 686. The lowest BCUT2D eigenvalue weighted by atomic mass is 10.1. The molecule has 0 aliphatic rings. The van der Waals surface area contributed by atoms with Crippen LogP contribution in [0.4, 0.5) is 0 Å². The molecular weight excluding hydrogens is 242 g/mol. The molecule has 2 aromatic rings. The molecule has 0 fully saturated rings. The minimum Gasteiger partial charge on any atom is -0.481 e. The molecule has 0 spiro atoms. The first kappa shape index (κ1) is 13.3.